The number of nitrogens with zero attached hydrogens (tertiary/aromatic N) is 1. The van der Waals surface area contributed by atoms with Crippen molar-refractivity contribution in [3.63, 3.8) is 0 Å². The predicted octanol–water partition coefficient (Wildman–Crippen LogP) is 2.40. The van der Waals surface area contributed by atoms with E-state index in [1.54, 1.807) is 0 Å². The molecule has 0 N–H and O–H groups in total. The van der Waals surface area contributed by atoms with Gasteiger partial charge in [0.25, 0.3) is 0 Å². The lowest BCUT2D eigenvalue weighted by molar-refractivity contribution is -0.129. The molecule has 0 radical (unpaired) electrons. The molecule has 1 fully saturated rings. The van der Waals surface area contributed by atoms with E-state index in [4.69, 9.17) is 0 Å². The molecule has 0 saturated heterocycles. The van der Waals surface area contributed by atoms with Crippen LogP contribution in [0.4, 0.5) is 0 Å². The van der Waals surface area contributed by atoms with E-state index in [-0.39, 0.29) is 5.54 Å². The van der Waals surface area contributed by atoms with Gasteiger partial charge in [0.05, 0.1) is 5.54 Å². The van der Waals surface area contributed by atoms with Gasteiger partial charge >= 0.3 is 0 Å². The summed E-state index contributed by atoms with van der Waals surface area (Å²) in [5.41, 5.74) is -0.150. The largest absolute Gasteiger partial charge is 0.298 e. The van der Waals surface area contributed by atoms with E-state index in [1.165, 1.54) is 12.8 Å². The van der Waals surface area contributed by atoms with Gasteiger partial charge in [-0.05, 0) is 33.4 Å². The van der Waals surface area contributed by atoms with Gasteiger partial charge in [-0.3, -0.25) is 9.69 Å². The van der Waals surface area contributed by atoms with Crippen molar-refractivity contribution in [1.29, 1.82) is 0 Å². The molecule has 1 saturated carbocycles. The maximum absolute atomic E-state index is 12.1. The summed E-state index contributed by atoms with van der Waals surface area (Å²) < 4.78 is 0. The summed E-state index contributed by atoms with van der Waals surface area (Å²) in [4.78, 5) is 14.2. The number of rotatable bonds is 5. The van der Waals surface area contributed by atoms with Crippen LogP contribution >= 0.6 is 0 Å². The summed E-state index contributed by atoms with van der Waals surface area (Å²) in [6.07, 6.45) is 7.76. The monoisotopic (exact) mass is 195 g/mol. The van der Waals surface area contributed by atoms with Crippen LogP contribution in [0.1, 0.15) is 38.5 Å². The lowest BCUT2D eigenvalue weighted by Crippen LogP contribution is -2.48. The molecule has 0 unspecified atom stereocenters. The van der Waals surface area contributed by atoms with Crippen molar-refractivity contribution in [2.75, 3.05) is 14.1 Å². The van der Waals surface area contributed by atoms with E-state index in [1.807, 2.05) is 20.2 Å². The van der Waals surface area contributed by atoms with Gasteiger partial charge in [0.2, 0.25) is 0 Å². The summed E-state index contributed by atoms with van der Waals surface area (Å²) >= 11 is 0. The van der Waals surface area contributed by atoms with Crippen LogP contribution in [0.2, 0.25) is 0 Å². The number of likely N-dealkylation sites (N-methyl/N-ethyl adjacent to an activating group) is 1. The molecule has 14 heavy (non-hydrogen) atoms. The van der Waals surface area contributed by atoms with Crippen LogP contribution in [0.25, 0.3) is 0 Å². The van der Waals surface area contributed by atoms with E-state index in [2.05, 4.69) is 11.5 Å². The van der Waals surface area contributed by atoms with Crippen LogP contribution in [0.15, 0.2) is 12.7 Å². The molecule has 0 amide bonds. The molecule has 1 aliphatic rings. The highest BCUT2D eigenvalue weighted by atomic mass is 16.1. The topological polar surface area (TPSA) is 20.3 Å². The normalized spacial score (nSPS) is 19.9. The number of Topliss-reactive ketones (excluding diaryl/α,β-unsaturated/α-hetero) is 1. The summed E-state index contributed by atoms with van der Waals surface area (Å²) in [5, 5.41) is 0. The Hall–Kier alpha value is -0.630. The number of hydrogen-bond acceptors (Lipinski definition) is 2. The molecule has 0 bridgehead atoms. The number of carbonyl (C=O) groups is 1. The molecule has 80 valence electrons. The fraction of sp³-hybridized carbons (Fsp3) is 0.750. The number of hydrogen-bond donors (Lipinski definition) is 0. The zero-order valence-electron chi connectivity index (χ0n) is 9.38. The van der Waals surface area contributed by atoms with Gasteiger partial charge in [-0.15, -0.1) is 6.58 Å². The molecule has 0 heterocycles. The molecule has 2 nitrogen and oxygen atoms in total. The first-order chi connectivity index (χ1) is 6.63. The molecule has 0 aromatic heterocycles. The highest BCUT2D eigenvalue weighted by Gasteiger charge is 2.41. The highest BCUT2D eigenvalue weighted by molar-refractivity contribution is 5.88. The Labute approximate surface area is 87.0 Å². The zero-order chi connectivity index (χ0) is 10.6. The molecule has 0 spiro atoms. The van der Waals surface area contributed by atoms with Crippen molar-refractivity contribution in [2.45, 2.75) is 44.1 Å². The quantitative estimate of drug-likeness (QED) is 0.628. The third kappa shape index (κ3) is 2.06. The van der Waals surface area contributed by atoms with E-state index < -0.39 is 0 Å². The zero-order valence-corrected chi connectivity index (χ0v) is 9.38. The Morgan fingerprint density at radius 2 is 2.00 bits per heavy atom. The van der Waals surface area contributed by atoms with Gasteiger partial charge in [-0.1, -0.05) is 18.9 Å². The van der Waals surface area contributed by atoms with Crippen molar-refractivity contribution in [2.24, 2.45) is 0 Å². The Bertz CT molecular complexity index is 214. The molecule has 0 aliphatic heterocycles. The van der Waals surface area contributed by atoms with Crippen molar-refractivity contribution in [3.05, 3.63) is 12.7 Å². The van der Waals surface area contributed by atoms with Crippen molar-refractivity contribution in [1.82, 2.24) is 4.90 Å². The van der Waals surface area contributed by atoms with Gasteiger partial charge in [-0.2, -0.15) is 0 Å². The summed E-state index contributed by atoms with van der Waals surface area (Å²) in [5.74, 6) is 0.403. The van der Waals surface area contributed by atoms with Crippen LogP contribution in [-0.4, -0.2) is 30.3 Å². The molecular formula is C12H21NO. The first-order valence-electron chi connectivity index (χ1n) is 5.45. The molecule has 1 rings (SSSR count). The first-order valence-corrected chi connectivity index (χ1v) is 5.45. The van der Waals surface area contributed by atoms with Gasteiger partial charge in [0.15, 0.2) is 5.78 Å². The summed E-state index contributed by atoms with van der Waals surface area (Å²) in [7, 11) is 4.05. The van der Waals surface area contributed by atoms with Crippen LogP contribution < -0.4 is 0 Å². The molecule has 0 aromatic carbocycles. The number of carbonyl (C=O) groups excluding carboxylic acids is 1. The second-order valence-corrected chi connectivity index (χ2v) is 4.38. The smallest absolute Gasteiger partial charge is 0.153 e. The van der Waals surface area contributed by atoms with Gasteiger partial charge in [0, 0.05) is 6.42 Å². The van der Waals surface area contributed by atoms with Crippen molar-refractivity contribution >= 4 is 5.78 Å². The summed E-state index contributed by atoms with van der Waals surface area (Å²) in [6.45, 7) is 3.66. The lowest BCUT2D eigenvalue weighted by Gasteiger charge is -2.34. The standard InChI is InChI=1S/C12H21NO/c1-4-5-8-11(14)12(13(2)3)9-6-7-10-12/h4H,1,5-10H2,2-3H3. The Morgan fingerprint density at radius 3 is 2.43 bits per heavy atom. The van der Waals surface area contributed by atoms with Crippen LogP contribution in [0.5, 0.6) is 0 Å². The molecular weight excluding hydrogens is 174 g/mol. The maximum Gasteiger partial charge on any atom is 0.153 e. The Kier molecular flexibility index (Phi) is 3.87. The number of allylic oxidation sites excluding steroid dienone is 1. The van der Waals surface area contributed by atoms with Gasteiger partial charge < -0.3 is 0 Å². The minimum atomic E-state index is -0.150. The van der Waals surface area contributed by atoms with E-state index in [0.29, 0.717) is 12.2 Å². The highest BCUT2D eigenvalue weighted by Crippen LogP contribution is 2.35. The van der Waals surface area contributed by atoms with E-state index >= 15 is 0 Å². The first kappa shape index (κ1) is 11.4. The molecule has 0 aromatic rings. The predicted molar refractivity (Wildman–Crippen MR) is 59.3 cm³/mol. The minimum absolute atomic E-state index is 0.150. The van der Waals surface area contributed by atoms with Gasteiger partial charge in [-0.25, -0.2) is 0 Å². The van der Waals surface area contributed by atoms with E-state index in [9.17, 15) is 4.79 Å². The number of ketones is 1. The third-order valence-corrected chi connectivity index (χ3v) is 3.38. The van der Waals surface area contributed by atoms with E-state index in [0.717, 1.165) is 19.3 Å². The second kappa shape index (κ2) is 4.74. The average Bonchev–Trinajstić information content (AvgIpc) is 2.63. The Balaban J connectivity index is 2.67. The van der Waals surface area contributed by atoms with Gasteiger partial charge in [0.1, 0.15) is 0 Å². The lowest BCUT2D eigenvalue weighted by atomic mass is 9.88. The fourth-order valence-corrected chi connectivity index (χ4v) is 2.40. The minimum Gasteiger partial charge on any atom is -0.298 e. The fourth-order valence-electron chi connectivity index (χ4n) is 2.40. The second-order valence-electron chi connectivity index (χ2n) is 4.38. The maximum atomic E-state index is 12.1. The van der Waals surface area contributed by atoms with Crippen LogP contribution in [-0.2, 0) is 4.79 Å². The van der Waals surface area contributed by atoms with Crippen molar-refractivity contribution in [3.8, 4) is 0 Å². The Morgan fingerprint density at radius 1 is 1.43 bits per heavy atom. The summed E-state index contributed by atoms with van der Waals surface area (Å²) in [6, 6.07) is 0. The SMILES string of the molecule is C=CCCC(=O)C1(N(C)C)CCCC1. The molecule has 1 aliphatic carbocycles. The average molecular weight is 195 g/mol. The molecule has 0 atom stereocenters. The third-order valence-electron chi connectivity index (χ3n) is 3.38. The van der Waals surface area contributed by atoms with Crippen LogP contribution in [0.3, 0.4) is 0 Å². The van der Waals surface area contributed by atoms with Crippen LogP contribution in [0, 0.1) is 0 Å². The van der Waals surface area contributed by atoms with Crippen molar-refractivity contribution < 1.29 is 4.79 Å². The molecule has 2 heteroatoms.